The van der Waals surface area contributed by atoms with Crippen LogP contribution in [0, 0.1) is 5.41 Å². The SMILES string of the molecule is CC(C)(C)[C@@H](Cn1ccnc1)NC(=O)Nc1ccc(C(=O)Nc2nccs2)cc1. The van der Waals surface area contributed by atoms with Crippen LogP contribution < -0.4 is 16.0 Å². The fourth-order valence-electron chi connectivity index (χ4n) is 2.63. The number of carbonyl (C=O) groups excluding carboxylic acids is 2. The third kappa shape index (κ3) is 5.89. The molecule has 0 saturated carbocycles. The van der Waals surface area contributed by atoms with Gasteiger partial charge < -0.3 is 15.2 Å². The lowest BCUT2D eigenvalue weighted by molar-refractivity contribution is 0.102. The Balaban J connectivity index is 1.58. The van der Waals surface area contributed by atoms with Crippen LogP contribution in [0.4, 0.5) is 15.6 Å². The third-order valence-electron chi connectivity index (χ3n) is 4.36. The zero-order valence-electron chi connectivity index (χ0n) is 16.5. The molecule has 2 aromatic heterocycles. The van der Waals surface area contributed by atoms with Gasteiger partial charge in [-0.1, -0.05) is 20.8 Å². The van der Waals surface area contributed by atoms with Crippen molar-refractivity contribution < 1.29 is 9.59 Å². The number of benzene rings is 1. The van der Waals surface area contributed by atoms with Gasteiger partial charge in [-0.25, -0.2) is 14.8 Å². The molecule has 2 heterocycles. The van der Waals surface area contributed by atoms with E-state index in [4.69, 9.17) is 0 Å². The summed E-state index contributed by atoms with van der Waals surface area (Å²) in [5.41, 5.74) is 0.946. The molecule has 3 N–H and O–H groups in total. The van der Waals surface area contributed by atoms with Crippen molar-refractivity contribution in [2.45, 2.75) is 33.4 Å². The number of rotatable bonds is 6. The Hall–Kier alpha value is -3.20. The van der Waals surface area contributed by atoms with Crippen LogP contribution in [-0.2, 0) is 6.54 Å². The summed E-state index contributed by atoms with van der Waals surface area (Å²) in [6.07, 6.45) is 6.94. The van der Waals surface area contributed by atoms with Crippen molar-refractivity contribution in [3.8, 4) is 0 Å². The van der Waals surface area contributed by atoms with E-state index in [0.29, 0.717) is 22.9 Å². The van der Waals surface area contributed by atoms with Crippen molar-refractivity contribution >= 4 is 34.1 Å². The average Bonchev–Trinajstić information content (AvgIpc) is 3.35. The molecule has 152 valence electrons. The van der Waals surface area contributed by atoms with E-state index in [-0.39, 0.29) is 23.4 Å². The Morgan fingerprint density at radius 1 is 1.14 bits per heavy atom. The minimum absolute atomic E-state index is 0.0972. The van der Waals surface area contributed by atoms with Crippen LogP contribution in [0.25, 0.3) is 0 Å². The van der Waals surface area contributed by atoms with Crippen molar-refractivity contribution in [3.05, 3.63) is 60.1 Å². The minimum atomic E-state index is -0.301. The smallest absolute Gasteiger partial charge is 0.319 e. The molecule has 0 unspecified atom stereocenters. The number of hydrogen-bond donors (Lipinski definition) is 3. The highest BCUT2D eigenvalue weighted by Gasteiger charge is 2.26. The molecular weight excluding hydrogens is 388 g/mol. The van der Waals surface area contributed by atoms with E-state index in [0.717, 1.165) is 0 Å². The van der Waals surface area contributed by atoms with Gasteiger partial charge in [0.05, 0.1) is 12.4 Å². The molecule has 3 rings (SSSR count). The number of hydrogen-bond acceptors (Lipinski definition) is 5. The molecule has 29 heavy (non-hydrogen) atoms. The predicted octanol–water partition coefficient (Wildman–Crippen LogP) is 3.83. The first-order valence-corrected chi connectivity index (χ1v) is 10.0. The van der Waals surface area contributed by atoms with Crippen LogP contribution in [0.3, 0.4) is 0 Å². The van der Waals surface area contributed by atoms with Gasteiger partial charge in [-0.05, 0) is 29.7 Å². The van der Waals surface area contributed by atoms with Gasteiger partial charge in [-0.3, -0.25) is 10.1 Å². The van der Waals surface area contributed by atoms with Crippen LogP contribution in [0.2, 0.25) is 0 Å². The van der Waals surface area contributed by atoms with Gasteiger partial charge >= 0.3 is 6.03 Å². The van der Waals surface area contributed by atoms with E-state index in [1.165, 1.54) is 11.3 Å². The highest BCUT2D eigenvalue weighted by molar-refractivity contribution is 7.13. The summed E-state index contributed by atoms with van der Waals surface area (Å²) in [5, 5.41) is 10.9. The second-order valence-electron chi connectivity index (χ2n) is 7.65. The summed E-state index contributed by atoms with van der Waals surface area (Å²) in [4.78, 5) is 32.8. The summed E-state index contributed by atoms with van der Waals surface area (Å²) in [6.45, 7) is 6.84. The van der Waals surface area contributed by atoms with E-state index in [1.54, 1.807) is 48.4 Å². The van der Waals surface area contributed by atoms with E-state index in [1.807, 2.05) is 10.8 Å². The topological polar surface area (TPSA) is 101 Å². The Bertz CT molecular complexity index is 931. The summed E-state index contributed by atoms with van der Waals surface area (Å²) in [7, 11) is 0. The number of imidazole rings is 1. The van der Waals surface area contributed by atoms with Crippen LogP contribution in [0.15, 0.2) is 54.6 Å². The normalized spacial score (nSPS) is 12.2. The molecule has 9 heteroatoms. The molecule has 8 nitrogen and oxygen atoms in total. The molecule has 3 aromatic rings. The van der Waals surface area contributed by atoms with Gasteiger partial charge in [-0.15, -0.1) is 11.3 Å². The first-order valence-electron chi connectivity index (χ1n) is 9.15. The molecule has 0 fully saturated rings. The number of thiazole rings is 1. The molecule has 0 aliphatic rings. The molecule has 0 aliphatic heterocycles. The van der Waals surface area contributed by atoms with E-state index < -0.39 is 0 Å². The average molecular weight is 413 g/mol. The molecule has 3 amide bonds. The Morgan fingerprint density at radius 2 is 1.90 bits per heavy atom. The predicted molar refractivity (Wildman–Crippen MR) is 114 cm³/mol. The van der Waals surface area contributed by atoms with Crippen molar-refractivity contribution in [2.24, 2.45) is 5.41 Å². The van der Waals surface area contributed by atoms with Crippen LogP contribution >= 0.6 is 11.3 Å². The zero-order valence-corrected chi connectivity index (χ0v) is 17.4. The molecular formula is C20H24N6O2S. The first-order chi connectivity index (χ1) is 13.8. The number of carbonyl (C=O) groups is 2. The lowest BCUT2D eigenvalue weighted by Gasteiger charge is -2.31. The van der Waals surface area contributed by atoms with Gasteiger partial charge in [0, 0.05) is 41.8 Å². The van der Waals surface area contributed by atoms with Crippen LogP contribution in [-0.4, -0.2) is 32.5 Å². The fourth-order valence-corrected chi connectivity index (χ4v) is 3.15. The summed E-state index contributed by atoms with van der Waals surface area (Å²) < 4.78 is 1.94. The van der Waals surface area contributed by atoms with Crippen molar-refractivity contribution in [1.82, 2.24) is 19.9 Å². The van der Waals surface area contributed by atoms with Gasteiger partial charge in [0.1, 0.15) is 0 Å². The Labute approximate surface area is 173 Å². The number of nitrogens with one attached hydrogen (secondary N) is 3. The quantitative estimate of drug-likeness (QED) is 0.573. The molecule has 0 spiro atoms. The number of urea groups is 1. The second-order valence-corrected chi connectivity index (χ2v) is 8.54. The Morgan fingerprint density at radius 3 is 2.48 bits per heavy atom. The molecule has 1 atom stereocenters. The molecule has 0 radical (unpaired) electrons. The number of amides is 3. The molecule has 0 saturated heterocycles. The highest BCUT2D eigenvalue weighted by atomic mass is 32.1. The van der Waals surface area contributed by atoms with Crippen molar-refractivity contribution in [2.75, 3.05) is 10.6 Å². The third-order valence-corrected chi connectivity index (χ3v) is 5.05. The van der Waals surface area contributed by atoms with E-state index in [9.17, 15) is 9.59 Å². The highest BCUT2D eigenvalue weighted by Crippen LogP contribution is 2.21. The van der Waals surface area contributed by atoms with Crippen molar-refractivity contribution in [1.29, 1.82) is 0 Å². The van der Waals surface area contributed by atoms with Gasteiger partial charge in [0.2, 0.25) is 0 Å². The van der Waals surface area contributed by atoms with Crippen LogP contribution in [0.5, 0.6) is 0 Å². The zero-order chi connectivity index (χ0) is 20.9. The summed E-state index contributed by atoms with van der Waals surface area (Å²) in [5.74, 6) is -0.246. The van der Waals surface area contributed by atoms with Gasteiger partial charge in [0.25, 0.3) is 5.91 Å². The lowest BCUT2D eigenvalue weighted by Crippen LogP contribution is -2.47. The summed E-state index contributed by atoms with van der Waals surface area (Å²) >= 11 is 1.35. The van der Waals surface area contributed by atoms with Gasteiger partial charge in [-0.2, -0.15) is 0 Å². The Kier molecular flexibility index (Phi) is 6.28. The standard InChI is InChI=1S/C20H24N6O2S/c1-20(2,3)16(12-26-10-8-21-13-26)24-18(28)23-15-6-4-14(5-7-15)17(27)25-19-22-9-11-29-19/h4-11,13,16H,12H2,1-3H3,(H,22,25,27)(H2,23,24,28)/t16-/m1/s1. The number of anilines is 2. The van der Waals surface area contributed by atoms with E-state index in [2.05, 4.69) is 46.7 Å². The van der Waals surface area contributed by atoms with Gasteiger partial charge in [0.15, 0.2) is 5.13 Å². The second kappa shape index (κ2) is 8.87. The maximum Gasteiger partial charge on any atom is 0.319 e. The molecule has 1 aromatic carbocycles. The monoisotopic (exact) mass is 412 g/mol. The first kappa shape index (κ1) is 20.5. The number of nitrogens with zero attached hydrogens (tertiary/aromatic N) is 3. The maximum atomic E-state index is 12.5. The minimum Gasteiger partial charge on any atom is -0.335 e. The lowest BCUT2D eigenvalue weighted by atomic mass is 9.86. The fraction of sp³-hybridized carbons (Fsp3) is 0.300. The maximum absolute atomic E-state index is 12.5. The molecule has 0 aliphatic carbocycles. The summed E-state index contributed by atoms with van der Waals surface area (Å²) in [6, 6.07) is 6.30. The van der Waals surface area contributed by atoms with E-state index >= 15 is 0 Å². The molecule has 0 bridgehead atoms. The number of aromatic nitrogens is 3. The largest absolute Gasteiger partial charge is 0.335 e. The van der Waals surface area contributed by atoms with Crippen molar-refractivity contribution in [3.63, 3.8) is 0 Å². The van der Waals surface area contributed by atoms with Crippen LogP contribution in [0.1, 0.15) is 31.1 Å².